The number of hydrogen-bond donors (Lipinski definition) is 1. The number of rotatable bonds is 9. The molecule has 1 aliphatic carbocycles. The largest absolute Gasteiger partial charge is 0.386 e. The lowest BCUT2D eigenvalue weighted by Crippen LogP contribution is -2.50. The SMILES string of the molecule is O[C@@H]1C=C[C@@H](OCc2ccccc2)[C@H](OCc2ccccc2)[C@H]1OCc1ccccc1. The van der Waals surface area contributed by atoms with E-state index >= 15 is 0 Å². The topological polar surface area (TPSA) is 47.9 Å². The number of hydrogen-bond acceptors (Lipinski definition) is 4. The van der Waals surface area contributed by atoms with Crippen LogP contribution >= 0.6 is 0 Å². The van der Waals surface area contributed by atoms with Gasteiger partial charge in [-0.05, 0) is 16.7 Å². The molecule has 1 aliphatic rings. The lowest BCUT2D eigenvalue weighted by Gasteiger charge is -2.37. The van der Waals surface area contributed by atoms with Crippen LogP contribution in [-0.2, 0) is 34.0 Å². The van der Waals surface area contributed by atoms with Gasteiger partial charge in [-0.25, -0.2) is 0 Å². The summed E-state index contributed by atoms with van der Waals surface area (Å²) >= 11 is 0. The van der Waals surface area contributed by atoms with E-state index in [1.54, 1.807) is 6.08 Å². The average molecular weight is 417 g/mol. The van der Waals surface area contributed by atoms with Crippen LogP contribution in [0.1, 0.15) is 16.7 Å². The monoisotopic (exact) mass is 416 g/mol. The van der Waals surface area contributed by atoms with Gasteiger partial charge in [0, 0.05) is 0 Å². The molecule has 4 rings (SSSR count). The Hall–Kier alpha value is -2.76. The second-order valence-electron chi connectivity index (χ2n) is 7.66. The van der Waals surface area contributed by atoms with E-state index in [1.165, 1.54) is 0 Å². The van der Waals surface area contributed by atoms with Gasteiger partial charge in [-0.2, -0.15) is 0 Å². The van der Waals surface area contributed by atoms with Crippen LogP contribution in [0.2, 0.25) is 0 Å². The van der Waals surface area contributed by atoms with Crippen LogP contribution in [0.5, 0.6) is 0 Å². The molecule has 0 amide bonds. The predicted molar refractivity (Wildman–Crippen MR) is 120 cm³/mol. The first-order valence-corrected chi connectivity index (χ1v) is 10.6. The van der Waals surface area contributed by atoms with Crippen LogP contribution in [0, 0.1) is 0 Å². The minimum Gasteiger partial charge on any atom is -0.386 e. The van der Waals surface area contributed by atoms with E-state index in [4.69, 9.17) is 14.2 Å². The molecule has 1 N–H and O–H groups in total. The fourth-order valence-electron chi connectivity index (χ4n) is 3.66. The highest BCUT2D eigenvalue weighted by Gasteiger charge is 2.38. The summed E-state index contributed by atoms with van der Waals surface area (Å²) in [4.78, 5) is 0. The Morgan fingerprint density at radius 3 is 1.42 bits per heavy atom. The molecule has 0 aromatic heterocycles. The van der Waals surface area contributed by atoms with E-state index in [0.29, 0.717) is 19.8 Å². The van der Waals surface area contributed by atoms with Gasteiger partial charge in [0.1, 0.15) is 24.4 Å². The molecule has 0 fully saturated rings. The second kappa shape index (κ2) is 11.0. The Bertz CT molecular complexity index is 927. The number of benzene rings is 3. The van der Waals surface area contributed by atoms with Crippen molar-refractivity contribution in [3.8, 4) is 0 Å². The Morgan fingerprint density at radius 2 is 0.935 bits per heavy atom. The molecule has 0 radical (unpaired) electrons. The summed E-state index contributed by atoms with van der Waals surface area (Å²) in [6.07, 6.45) is 1.57. The van der Waals surface area contributed by atoms with Crippen LogP contribution in [0.15, 0.2) is 103 Å². The summed E-state index contributed by atoms with van der Waals surface area (Å²) in [5.74, 6) is 0. The molecule has 0 aliphatic heterocycles. The predicted octanol–water partition coefficient (Wildman–Crippen LogP) is 4.67. The number of aliphatic hydroxyl groups is 1. The maximum atomic E-state index is 10.7. The number of ether oxygens (including phenoxy) is 3. The molecule has 160 valence electrons. The second-order valence-corrected chi connectivity index (χ2v) is 7.66. The minimum atomic E-state index is -0.763. The van der Waals surface area contributed by atoms with E-state index < -0.39 is 18.3 Å². The zero-order chi connectivity index (χ0) is 21.3. The molecule has 4 nitrogen and oxygen atoms in total. The average Bonchev–Trinajstić information content (AvgIpc) is 2.83. The number of aliphatic hydroxyl groups excluding tert-OH is 1. The maximum absolute atomic E-state index is 10.7. The van der Waals surface area contributed by atoms with E-state index in [1.807, 2.05) is 97.1 Å². The third-order valence-electron chi connectivity index (χ3n) is 5.34. The molecule has 31 heavy (non-hydrogen) atoms. The molecule has 0 saturated heterocycles. The zero-order valence-electron chi connectivity index (χ0n) is 17.4. The first-order valence-electron chi connectivity index (χ1n) is 10.6. The van der Waals surface area contributed by atoms with Gasteiger partial charge in [0.25, 0.3) is 0 Å². The van der Waals surface area contributed by atoms with Crippen molar-refractivity contribution in [1.82, 2.24) is 0 Å². The lowest BCUT2D eigenvalue weighted by molar-refractivity contribution is -0.167. The van der Waals surface area contributed by atoms with Crippen molar-refractivity contribution in [2.45, 2.75) is 44.2 Å². The van der Waals surface area contributed by atoms with Gasteiger partial charge in [0.2, 0.25) is 0 Å². The first kappa shape index (κ1) is 21.5. The zero-order valence-corrected chi connectivity index (χ0v) is 17.4. The van der Waals surface area contributed by atoms with E-state index in [-0.39, 0.29) is 6.10 Å². The molecule has 0 unspecified atom stereocenters. The summed E-state index contributed by atoms with van der Waals surface area (Å²) in [5.41, 5.74) is 3.20. The summed E-state index contributed by atoms with van der Waals surface area (Å²) in [6, 6.07) is 30.0. The highest BCUT2D eigenvalue weighted by atomic mass is 16.6. The van der Waals surface area contributed by atoms with Crippen molar-refractivity contribution >= 4 is 0 Å². The molecule has 0 saturated carbocycles. The van der Waals surface area contributed by atoms with Gasteiger partial charge in [-0.15, -0.1) is 0 Å². The minimum absolute atomic E-state index is 0.326. The Labute approximate surface area is 183 Å². The molecular weight excluding hydrogens is 388 g/mol. The van der Waals surface area contributed by atoms with E-state index in [0.717, 1.165) is 16.7 Å². The standard InChI is InChI=1S/C27H28O4/c28-24-16-17-25(29-18-21-10-4-1-5-11-21)27(31-20-23-14-8-3-9-15-23)26(24)30-19-22-12-6-2-7-13-22/h1-17,24-28H,18-20H2/t24-,25-,26+,27+/m1/s1. The lowest BCUT2D eigenvalue weighted by atomic mass is 9.95. The van der Waals surface area contributed by atoms with Crippen molar-refractivity contribution in [2.24, 2.45) is 0 Å². The molecule has 4 heteroatoms. The molecule has 3 aromatic carbocycles. The highest BCUT2D eigenvalue weighted by molar-refractivity contribution is 5.17. The summed E-state index contributed by atoms with van der Waals surface area (Å²) in [7, 11) is 0. The third-order valence-corrected chi connectivity index (χ3v) is 5.34. The van der Waals surface area contributed by atoms with Crippen molar-refractivity contribution in [1.29, 1.82) is 0 Å². The van der Waals surface area contributed by atoms with Crippen molar-refractivity contribution in [2.75, 3.05) is 0 Å². The smallest absolute Gasteiger partial charge is 0.117 e. The molecule has 0 bridgehead atoms. The molecular formula is C27H28O4. The van der Waals surface area contributed by atoms with Crippen LogP contribution in [0.3, 0.4) is 0 Å². The van der Waals surface area contributed by atoms with Crippen molar-refractivity contribution in [3.63, 3.8) is 0 Å². The van der Waals surface area contributed by atoms with Gasteiger partial charge >= 0.3 is 0 Å². The summed E-state index contributed by atoms with van der Waals surface area (Å²) in [5, 5.41) is 10.7. The maximum Gasteiger partial charge on any atom is 0.117 e. The summed E-state index contributed by atoms with van der Waals surface area (Å²) < 4.78 is 18.6. The fourth-order valence-corrected chi connectivity index (χ4v) is 3.66. The van der Waals surface area contributed by atoms with Gasteiger partial charge in [-0.3, -0.25) is 0 Å². The molecule has 3 aromatic rings. The van der Waals surface area contributed by atoms with Crippen molar-refractivity contribution < 1.29 is 19.3 Å². The van der Waals surface area contributed by atoms with E-state index in [2.05, 4.69) is 0 Å². The molecule has 0 spiro atoms. The first-order chi connectivity index (χ1) is 15.3. The van der Waals surface area contributed by atoms with Gasteiger partial charge in [0.15, 0.2) is 0 Å². The Kier molecular flexibility index (Phi) is 7.64. The van der Waals surface area contributed by atoms with Crippen LogP contribution in [0.4, 0.5) is 0 Å². The summed E-state index contributed by atoms with van der Waals surface area (Å²) in [6.45, 7) is 1.28. The normalized spacial score (nSPS) is 23.0. The molecule has 0 heterocycles. The fraction of sp³-hybridized carbons (Fsp3) is 0.259. The highest BCUT2D eigenvalue weighted by Crippen LogP contribution is 2.25. The van der Waals surface area contributed by atoms with Gasteiger partial charge < -0.3 is 19.3 Å². The van der Waals surface area contributed by atoms with E-state index in [9.17, 15) is 5.11 Å². The Balaban J connectivity index is 1.48. The van der Waals surface area contributed by atoms with Crippen LogP contribution in [0.25, 0.3) is 0 Å². The van der Waals surface area contributed by atoms with Gasteiger partial charge in [-0.1, -0.05) is 103 Å². The quantitative estimate of drug-likeness (QED) is 0.515. The molecule has 4 atom stereocenters. The van der Waals surface area contributed by atoms with Crippen LogP contribution < -0.4 is 0 Å². The van der Waals surface area contributed by atoms with Crippen LogP contribution in [-0.4, -0.2) is 29.5 Å². The van der Waals surface area contributed by atoms with Gasteiger partial charge in [0.05, 0.1) is 19.8 Å². The van der Waals surface area contributed by atoms with Crippen molar-refractivity contribution in [3.05, 3.63) is 120 Å². The third kappa shape index (κ3) is 6.12. The Morgan fingerprint density at radius 1 is 0.516 bits per heavy atom.